The summed E-state index contributed by atoms with van der Waals surface area (Å²) in [6, 6.07) is 3.06. The first kappa shape index (κ1) is 16.3. The van der Waals surface area contributed by atoms with Crippen LogP contribution in [0.2, 0.25) is 0 Å². The van der Waals surface area contributed by atoms with Crippen LogP contribution in [0, 0.1) is 15.9 Å². The summed E-state index contributed by atoms with van der Waals surface area (Å²) in [5.74, 6) is -1.30. The zero-order valence-corrected chi connectivity index (χ0v) is 11.4. The molecule has 1 atom stereocenters. The number of nitrogens with one attached hydrogen (secondary N) is 2. The molecule has 1 aromatic rings. The molecule has 2 N–H and O–H groups in total. The fourth-order valence-corrected chi connectivity index (χ4v) is 2.06. The first-order valence-corrected chi connectivity index (χ1v) is 6.03. The molecule has 1 saturated heterocycles. The van der Waals surface area contributed by atoms with Crippen LogP contribution in [0.1, 0.15) is 23.2 Å². The number of nitro benzene ring substituents is 1. The summed E-state index contributed by atoms with van der Waals surface area (Å²) in [4.78, 5) is 21.7. The number of benzene rings is 1. The zero-order chi connectivity index (χ0) is 13.8. The molecule has 0 saturated carbocycles. The monoisotopic (exact) mass is 303 g/mol. The Morgan fingerprint density at radius 2 is 2.25 bits per heavy atom. The van der Waals surface area contributed by atoms with Crippen LogP contribution in [-0.4, -0.2) is 30.0 Å². The molecule has 0 spiro atoms. The average molecular weight is 304 g/mol. The Morgan fingerprint density at radius 3 is 2.85 bits per heavy atom. The van der Waals surface area contributed by atoms with Crippen molar-refractivity contribution >= 4 is 24.0 Å². The van der Waals surface area contributed by atoms with Gasteiger partial charge in [-0.1, -0.05) is 0 Å². The molecular formula is C12H15ClFN3O3. The van der Waals surface area contributed by atoms with Gasteiger partial charge in [-0.05, 0) is 25.5 Å². The fraction of sp³-hybridized carbons (Fsp3) is 0.417. The average Bonchev–Trinajstić information content (AvgIpc) is 2.88. The van der Waals surface area contributed by atoms with Crippen molar-refractivity contribution in [3.63, 3.8) is 0 Å². The van der Waals surface area contributed by atoms with Gasteiger partial charge in [0, 0.05) is 24.2 Å². The Hall–Kier alpha value is -1.73. The maximum Gasteiger partial charge on any atom is 0.273 e. The van der Waals surface area contributed by atoms with Gasteiger partial charge in [0.15, 0.2) is 0 Å². The van der Waals surface area contributed by atoms with Crippen LogP contribution in [0.15, 0.2) is 18.2 Å². The number of rotatable bonds is 4. The highest BCUT2D eigenvalue weighted by atomic mass is 35.5. The number of carbonyl (C=O) groups excluding carboxylic acids is 1. The molecule has 0 bridgehead atoms. The van der Waals surface area contributed by atoms with E-state index in [-0.39, 0.29) is 24.0 Å². The number of halogens is 2. The van der Waals surface area contributed by atoms with Gasteiger partial charge in [-0.15, -0.1) is 12.4 Å². The second-order valence-corrected chi connectivity index (χ2v) is 4.46. The number of amides is 1. The van der Waals surface area contributed by atoms with E-state index < -0.39 is 22.3 Å². The molecule has 20 heavy (non-hydrogen) atoms. The number of nitro groups is 1. The second-order valence-electron chi connectivity index (χ2n) is 4.46. The minimum atomic E-state index is -0.793. The largest absolute Gasteiger partial charge is 0.350 e. The lowest BCUT2D eigenvalue weighted by molar-refractivity contribution is -0.385. The summed E-state index contributed by atoms with van der Waals surface area (Å²) >= 11 is 0. The Morgan fingerprint density at radius 1 is 1.50 bits per heavy atom. The number of hydrogen-bond donors (Lipinski definition) is 2. The summed E-state index contributed by atoms with van der Waals surface area (Å²) < 4.78 is 13.2. The van der Waals surface area contributed by atoms with Crippen molar-refractivity contribution in [1.82, 2.24) is 10.6 Å². The van der Waals surface area contributed by atoms with E-state index in [0.717, 1.165) is 37.6 Å². The van der Waals surface area contributed by atoms with E-state index >= 15 is 0 Å². The maximum absolute atomic E-state index is 13.2. The summed E-state index contributed by atoms with van der Waals surface area (Å²) in [6.45, 7) is 1.36. The second kappa shape index (κ2) is 7.16. The van der Waals surface area contributed by atoms with Gasteiger partial charge in [-0.2, -0.15) is 0 Å². The number of carbonyl (C=O) groups is 1. The van der Waals surface area contributed by atoms with Crippen molar-refractivity contribution in [2.75, 3.05) is 13.1 Å². The van der Waals surface area contributed by atoms with Crippen molar-refractivity contribution < 1.29 is 14.1 Å². The summed E-state index contributed by atoms with van der Waals surface area (Å²) in [6.07, 6.45) is 2.04. The van der Waals surface area contributed by atoms with Crippen LogP contribution in [0.5, 0.6) is 0 Å². The number of nitrogens with zero attached hydrogens (tertiary/aromatic N) is 1. The number of non-ortho nitro benzene ring substituents is 1. The third-order valence-corrected chi connectivity index (χ3v) is 3.03. The van der Waals surface area contributed by atoms with Crippen LogP contribution in [0.25, 0.3) is 0 Å². The lowest BCUT2D eigenvalue weighted by Gasteiger charge is -2.11. The van der Waals surface area contributed by atoms with E-state index in [1.807, 2.05) is 0 Å². The van der Waals surface area contributed by atoms with E-state index in [9.17, 15) is 19.3 Å². The molecule has 0 aliphatic carbocycles. The molecule has 1 aliphatic rings. The van der Waals surface area contributed by atoms with Crippen LogP contribution in [0.4, 0.5) is 10.1 Å². The summed E-state index contributed by atoms with van der Waals surface area (Å²) in [7, 11) is 0. The van der Waals surface area contributed by atoms with E-state index in [1.54, 1.807) is 0 Å². The molecular weight excluding hydrogens is 289 g/mol. The predicted octanol–water partition coefficient (Wildman–Crippen LogP) is 1.64. The molecule has 1 aliphatic heterocycles. The van der Waals surface area contributed by atoms with Gasteiger partial charge in [0.1, 0.15) is 5.82 Å². The Kier molecular flexibility index (Phi) is 5.84. The summed E-state index contributed by atoms with van der Waals surface area (Å²) in [5.41, 5.74) is -0.464. The van der Waals surface area contributed by atoms with E-state index in [4.69, 9.17) is 0 Å². The van der Waals surface area contributed by atoms with E-state index in [2.05, 4.69) is 10.6 Å². The standard InChI is InChI=1S/C12H14FN3O3.ClH/c13-9-4-8(5-11(6-9)16(18)19)12(17)15-7-10-2-1-3-14-10;/h4-6,10,14H,1-3,7H2,(H,15,17);1H. The minimum Gasteiger partial charge on any atom is -0.350 e. The summed E-state index contributed by atoms with van der Waals surface area (Å²) in [5, 5.41) is 16.4. The number of hydrogen-bond acceptors (Lipinski definition) is 4. The predicted molar refractivity (Wildman–Crippen MR) is 73.7 cm³/mol. The highest BCUT2D eigenvalue weighted by Crippen LogP contribution is 2.16. The quantitative estimate of drug-likeness (QED) is 0.654. The van der Waals surface area contributed by atoms with Gasteiger partial charge >= 0.3 is 0 Å². The minimum absolute atomic E-state index is 0. The smallest absolute Gasteiger partial charge is 0.273 e. The van der Waals surface area contributed by atoms with Gasteiger partial charge in [-0.3, -0.25) is 14.9 Å². The van der Waals surface area contributed by atoms with Crippen LogP contribution in [-0.2, 0) is 0 Å². The van der Waals surface area contributed by atoms with Gasteiger partial charge in [0.25, 0.3) is 11.6 Å². The molecule has 0 radical (unpaired) electrons. The molecule has 1 heterocycles. The van der Waals surface area contributed by atoms with Crippen LogP contribution in [0.3, 0.4) is 0 Å². The lowest BCUT2D eigenvalue weighted by Crippen LogP contribution is -2.37. The lowest BCUT2D eigenvalue weighted by atomic mass is 10.1. The SMILES string of the molecule is Cl.O=C(NCC1CCCN1)c1cc(F)cc([N+](=O)[O-])c1. The molecule has 1 aromatic carbocycles. The van der Waals surface area contributed by atoms with Crippen LogP contribution >= 0.6 is 12.4 Å². The molecule has 2 rings (SSSR count). The third kappa shape index (κ3) is 4.14. The van der Waals surface area contributed by atoms with Crippen molar-refractivity contribution in [3.05, 3.63) is 39.7 Å². The maximum atomic E-state index is 13.2. The van der Waals surface area contributed by atoms with Gasteiger partial charge in [0.2, 0.25) is 0 Å². The van der Waals surface area contributed by atoms with Gasteiger partial charge in [-0.25, -0.2) is 4.39 Å². The molecule has 110 valence electrons. The zero-order valence-electron chi connectivity index (χ0n) is 10.6. The first-order chi connectivity index (χ1) is 9.06. The molecule has 1 amide bonds. The molecule has 1 fully saturated rings. The Balaban J connectivity index is 0.00000200. The van der Waals surface area contributed by atoms with E-state index in [1.165, 1.54) is 0 Å². The Bertz CT molecular complexity index is 507. The normalized spacial score (nSPS) is 17.4. The van der Waals surface area contributed by atoms with Crippen molar-refractivity contribution in [3.8, 4) is 0 Å². The molecule has 8 heteroatoms. The highest BCUT2D eigenvalue weighted by molar-refractivity contribution is 5.94. The van der Waals surface area contributed by atoms with Gasteiger partial charge < -0.3 is 10.6 Å². The van der Waals surface area contributed by atoms with Crippen molar-refractivity contribution in [1.29, 1.82) is 0 Å². The molecule has 6 nitrogen and oxygen atoms in total. The topological polar surface area (TPSA) is 84.3 Å². The Labute approximate surface area is 121 Å². The fourth-order valence-electron chi connectivity index (χ4n) is 2.06. The molecule has 1 unspecified atom stereocenters. The van der Waals surface area contributed by atoms with Crippen LogP contribution < -0.4 is 10.6 Å². The van der Waals surface area contributed by atoms with E-state index in [0.29, 0.717) is 6.54 Å². The first-order valence-electron chi connectivity index (χ1n) is 6.03. The molecule has 0 aromatic heterocycles. The highest BCUT2D eigenvalue weighted by Gasteiger charge is 2.17. The van der Waals surface area contributed by atoms with Gasteiger partial charge in [0.05, 0.1) is 11.0 Å². The van der Waals surface area contributed by atoms with Crippen molar-refractivity contribution in [2.45, 2.75) is 18.9 Å². The third-order valence-electron chi connectivity index (χ3n) is 3.03. The van der Waals surface area contributed by atoms with Crippen molar-refractivity contribution in [2.24, 2.45) is 0 Å².